The van der Waals surface area contributed by atoms with Crippen LogP contribution < -0.4 is 9.47 Å². The minimum Gasteiger partial charge on any atom is -0.493 e. The number of para-hydroxylation sites is 2. The van der Waals surface area contributed by atoms with Crippen molar-refractivity contribution in [3.05, 3.63) is 42.5 Å². The average Bonchev–Trinajstić information content (AvgIpc) is 3.19. The van der Waals surface area contributed by atoms with E-state index in [1.54, 1.807) is 7.11 Å². The molecule has 0 spiro atoms. The van der Waals surface area contributed by atoms with E-state index < -0.39 is 0 Å². The Labute approximate surface area is 162 Å². The van der Waals surface area contributed by atoms with E-state index in [1.807, 2.05) is 30.6 Å². The van der Waals surface area contributed by atoms with Gasteiger partial charge in [0.2, 0.25) is 0 Å². The SMILES string of the molecule is COc1ccccc1OC1CCN(Cc2cncn2C2CCCCC2)CC1. The second-order valence-corrected chi connectivity index (χ2v) is 7.83. The zero-order valence-electron chi connectivity index (χ0n) is 16.3. The molecule has 27 heavy (non-hydrogen) atoms. The quantitative estimate of drug-likeness (QED) is 0.755. The third-order valence-electron chi connectivity index (χ3n) is 6.00. The Kier molecular flexibility index (Phi) is 5.97. The van der Waals surface area contributed by atoms with E-state index in [0.717, 1.165) is 44.0 Å². The molecule has 1 saturated carbocycles. The van der Waals surface area contributed by atoms with E-state index in [1.165, 1.54) is 37.8 Å². The molecule has 0 unspecified atom stereocenters. The summed E-state index contributed by atoms with van der Waals surface area (Å²) in [6.45, 7) is 3.13. The summed E-state index contributed by atoms with van der Waals surface area (Å²) in [5.41, 5.74) is 1.37. The number of imidazole rings is 1. The fourth-order valence-electron chi connectivity index (χ4n) is 4.45. The molecule has 2 fully saturated rings. The lowest BCUT2D eigenvalue weighted by Gasteiger charge is -2.33. The highest BCUT2D eigenvalue weighted by Crippen LogP contribution is 2.31. The van der Waals surface area contributed by atoms with Gasteiger partial charge in [-0.1, -0.05) is 31.4 Å². The zero-order chi connectivity index (χ0) is 18.5. The number of methoxy groups -OCH3 is 1. The molecular formula is C22H31N3O2. The molecule has 2 aliphatic rings. The summed E-state index contributed by atoms with van der Waals surface area (Å²) in [6, 6.07) is 8.58. The number of hydrogen-bond acceptors (Lipinski definition) is 4. The predicted octanol–water partition coefficient (Wildman–Crippen LogP) is 4.44. The first-order valence-corrected chi connectivity index (χ1v) is 10.4. The van der Waals surface area contributed by atoms with Crippen LogP contribution in [0.5, 0.6) is 11.5 Å². The van der Waals surface area contributed by atoms with Crippen molar-refractivity contribution < 1.29 is 9.47 Å². The van der Waals surface area contributed by atoms with Crippen molar-refractivity contribution >= 4 is 0 Å². The van der Waals surface area contributed by atoms with Crippen LogP contribution >= 0.6 is 0 Å². The molecule has 146 valence electrons. The number of aromatic nitrogens is 2. The number of nitrogens with zero attached hydrogens (tertiary/aromatic N) is 3. The van der Waals surface area contributed by atoms with E-state index in [9.17, 15) is 0 Å². The Morgan fingerprint density at radius 2 is 1.74 bits per heavy atom. The van der Waals surface area contributed by atoms with Crippen LogP contribution in [0.25, 0.3) is 0 Å². The maximum atomic E-state index is 6.21. The molecule has 5 nitrogen and oxygen atoms in total. The van der Waals surface area contributed by atoms with Gasteiger partial charge >= 0.3 is 0 Å². The highest BCUT2D eigenvalue weighted by Gasteiger charge is 2.24. The molecule has 0 atom stereocenters. The summed E-state index contributed by atoms with van der Waals surface area (Å²) in [5, 5.41) is 0. The van der Waals surface area contributed by atoms with Gasteiger partial charge in [0.1, 0.15) is 6.10 Å². The number of likely N-dealkylation sites (tertiary alicyclic amines) is 1. The molecule has 0 N–H and O–H groups in total. The summed E-state index contributed by atoms with van der Waals surface area (Å²) >= 11 is 0. The van der Waals surface area contributed by atoms with Crippen molar-refractivity contribution in [1.82, 2.24) is 14.5 Å². The Balaban J connectivity index is 1.31. The van der Waals surface area contributed by atoms with Crippen LogP contribution in [0.1, 0.15) is 56.7 Å². The van der Waals surface area contributed by atoms with Crippen molar-refractivity contribution in [2.45, 2.75) is 63.6 Å². The molecule has 5 heteroatoms. The molecule has 1 aromatic carbocycles. The average molecular weight is 370 g/mol. The Morgan fingerprint density at radius 3 is 2.48 bits per heavy atom. The van der Waals surface area contributed by atoms with Crippen LogP contribution in [0.2, 0.25) is 0 Å². The van der Waals surface area contributed by atoms with Gasteiger partial charge in [-0.25, -0.2) is 4.98 Å². The summed E-state index contributed by atoms with van der Waals surface area (Å²) in [7, 11) is 1.69. The van der Waals surface area contributed by atoms with Crippen molar-refractivity contribution in [1.29, 1.82) is 0 Å². The van der Waals surface area contributed by atoms with Gasteiger partial charge in [0.25, 0.3) is 0 Å². The summed E-state index contributed by atoms with van der Waals surface area (Å²) in [4.78, 5) is 6.99. The van der Waals surface area contributed by atoms with Gasteiger partial charge in [-0.2, -0.15) is 0 Å². The summed E-state index contributed by atoms with van der Waals surface area (Å²) in [5.74, 6) is 1.67. The molecule has 1 saturated heterocycles. The number of piperidine rings is 1. The van der Waals surface area contributed by atoms with Crippen LogP contribution in [0.4, 0.5) is 0 Å². The molecule has 0 radical (unpaired) electrons. The first-order chi connectivity index (χ1) is 13.3. The van der Waals surface area contributed by atoms with Crippen molar-refractivity contribution in [3.63, 3.8) is 0 Å². The minimum absolute atomic E-state index is 0.265. The number of ether oxygens (including phenoxy) is 2. The second-order valence-electron chi connectivity index (χ2n) is 7.83. The van der Waals surface area contributed by atoms with Crippen molar-refractivity contribution in [2.75, 3.05) is 20.2 Å². The lowest BCUT2D eigenvalue weighted by Crippen LogP contribution is -2.38. The fourth-order valence-corrected chi connectivity index (χ4v) is 4.45. The summed E-state index contributed by atoms with van der Waals surface area (Å²) in [6.07, 6.45) is 13.2. The van der Waals surface area contributed by atoms with Crippen molar-refractivity contribution in [2.24, 2.45) is 0 Å². The molecule has 2 aromatic rings. The third kappa shape index (κ3) is 4.46. The maximum absolute atomic E-state index is 6.21. The molecule has 0 amide bonds. The Morgan fingerprint density at radius 1 is 1.00 bits per heavy atom. The smallest absolute Gasteiger partial charge is 0.161 e. The normalized spacial score (nSPS) is 19.9. The molecular weight excluding hydrogens is 338 g/mol. The lowest BCUT2D eigenvalue weighted by atomic mass is 9.95. The molecule has 1 aliphatic heterocycles. The van der Waals surface area contributed by atoms with Gasteiger partial charge < -0.3 is 14.0 Å². The Hall–Kier alpha value is -2.01. The van der Waals surface area contributed by atoms with Crippen LogP contribution in [0.3, 0.4) is 0 Å². The van der Waals surface area contributed by atoms with Gasteiger partial charge in [-0.05, 0) is 37.8 Å². The molecule has 4 rings (SSSR count). The highest BCUT2D eigenvalue weighted by molar-refractivity contribution is 5.39. The zero-order valence-corrected chi connectivity index (χ0v) is 16.3. The largest absolute Gasteiger partial charge is 0.493 e. The fraction of sp³-hybridized carbons (Fsp3) is 0.591. The molecule has 1 aliphatic carbocycles. The van der Waals surface area contributed by atoms with E-state index in [-0.39, 0.29) is 6.10 Å². The van der Waals surface area contributed by atoms with Gasteiger partial charge in [-0.15, -0.1) is 0 Å². The summed E-state index contributed by atoms with van der Waals surface area (Å²) < 4.78 is 14.1. The van der Waals surface area contributed by atoms with Crippen LogP contribution in [-0.2, 0) is 6.54 Å². The number of hydrogen-bond donors (Lipinski definition) is 0. The standard InChI is InChI=1S/C22H31N3O2/c1-26-21-9-5-6-10-22(21)27-20-11-13-24(14-12-20)16-19-15-23-17-25(19)18-7-3-2-4-8-18/h5-6,9-10,15,17-18,20H,2-4,7-8,11-14,16H2,1H3. The van der Waals surface area contributed by atoms with E-state index in [4.69, 9.17) is 9.47 Å². The first kappa shape index (κ1) is 18.4. The maximum Gasteiger partial charge on any atom is 0.161 e. The first-order valence-electron chi connectivity index (χ1n) is 10.4. The highest BCUT2D eigenvalue weighted by atomic mass is 16.5. The van der Waals surface area contributed by atoms with Gasteiger partial charge in [-0.3, -0.25) is 4.90 Å². The van der Waals surface area contributed by atoms with E-state index >= 15 is 0 Å². The molecule has 2 heterocycles. The second kappa shape index (κ2) is 8.79. The number of rotatable bonds is 6. The van der Waals surface area contributed by atoms with Gasteiger partial charge in [0.05, 0.1) is 19.1 Å². The van der Waals surface area contributed by atoms with Gasteiger partial charge in [0.15, 0.2) is 11.5 Å². The van der Waals surface area contributed by atoms with Crippen LogP contribution in [0, 0.1) is 0 Å². The third-order valence-corrected chi connectivity index (χ3v) is 6.00. The predicted molar refractivity (Wildman–Crippen MR) is 106 cm³/mol. The minimum atomic E-state index is 0.265. The van der Waals surface area contributed by atoms with Crippen molar-refractivity contribution in [3.8, 4) is 11.5 Å². The van der Waals surface area contributed by atoms with Crippen LogP contribution in [-0.4, -0.2) is 40.8 Å². The lowest BCUT2D eigenvalue weighted by molar-refractivity contribution is 0.0926. The topological polar surface area (TPSA) is 39.5 Å². The number of benzene rings is 1. The van der Waals surface area contributed by atoms with Crippen LogP contribution in [0.15, 0.2) is 36.8 Å². The molecule has 0 bridgehead atoms. The molecule has 1 aromatic heterocycles. The monoisotopic (exact) mass is 369 g/mol. The van der Waals surface area contributed by atoms with E-state index in [0.29, 0.717) is 6.04 Å². The van der Waals surface area contributed by atoms with E-state index in [2.05, 4.69) is 20.6 Å². The van der Waals surface area contributed by atoms with Gasteiger partial charge in [0, 0.05) is 31.9 Å². The Bertz CT molecular complexity index is 716.